The summed E-state index contributed by atoms with van der Waals surface area (Å²) in [5, 5.41) is 3.31. The van der Waals surface area contributed by atoms with Gasteiger partial charge >= 0.3 is 0 Å². The van der Waals surface area contributed by atoms with Crippen LogP contribution in [0.5, 0.6) is 0 Å². The Morgan fingerprint density at radius 1 is 1.54 bits per heavy atom. The fourth-order valence-electron chi connectivity index (χ4n) is 1.94. The summed E-state index contributed by atoms with van der Waals surface area (Å²) in [6, 6.07) is 0. The summed E-state index contributed by atoms with van der Waals surface area (Å²) in [6.45, 7) is 4.13. The average molecular weight is 188 g/mol. The normalized spacial score (nSPS) is 24.9. The van der Waals surface area contributed by atoms with Crippen molar-refractivity contribution in [2.24, 2.45) is 5.92 Å². The Bertz CT molecular complexity index is 130. The van der Waals surface area contributed by atoms with Crippen LogP contribution in [-0.4, -0.2) is 44.8 Å². The van der Waals surface area contributed by atoms with E-state index < -0.39 is 0 Å². The van der Waals surface area contributed by atoms with E-state index in [-0.39, 0.29) is 6.67 Å². The van der Waals surface area contributed by atoms with Crippen molar-refractivity contribution in [1.82, 2.24) is 10.2 Å². The maximum atomic E-state index is 11.8. The van der Waals surface area contributed by atoms with Crippen LogP contribution in [0.3, 0.4) is 0 Å². The van der Waals surface area contributed by atoms with Crippen LogP contribution in [0.15, 0.2) is 0 Å². The molecule has 1 aliphatic heterocycles. The quantitative estimate of drug-likeness (QED) is 0.654. The van der Waals surface area contributed by atoms with Gasteiger partial charge in [0.05, 0.1) is 6.67 Å². The van der Waals surface area contributed by atoms with Crippen molar-refractivity contribution in [2.75, 3.05) is 39.9 Å². The van der Waals surface area contributed by atoms with E-state index in [4.69, 9.17) is 0 Å². The number of piperidine rings is 1. The highest BCUT2D eigenvalue weighted by atomic mass is 19.1. The molecule has 13 heavy (non-hydrogen) atoms. The summed E-state index contributed by atoms with van der Waals surface area (Å²) < 4.78 is 11.8. The van der Waals surface area contributed by atoms with Crippen LogP contribution < -0.4 is 5.32 Å². The Labute approximate surface area is 80.5 Å². The molecule has 0 amide bonds. The lowest BCUT2D eigenvalue weighted by molar-refractivity contribution is 0.206. The highest BCUT2D eigenvalue weighted by molar-refractivity contribution is 4.72. The van der Waals surface area contributed by atoms with E-state index in [0.717, 1.165) is 19.0 Å². The van der Waals surface area contributed by atoms with E-state index in [0.29, 0.717) is 6.42 Å². The first-order valence-corrected chi connectivity index (χ1v) is 5.28. The minimum atomic E-state index is -0.197. The second kappa shape index (κ2) is 6.33. The van der Waals surface area contributed by atoms with Crippen LogP contribution in [0.1, 0.15) is 19.3 Å². The van der Waals surface area contributed by atoms with Crippen molar-refractivity contribution in [1.29, 1.82) is 0 Å². The number of likely N-dealkylation sites (tertiary alicyclic amines) is 1. The van der Waals surface area contributed by atoms with Gasteiger partial charge in [0.1, 0.15) is 0 Å². The van der Waals surface area contributed by atoms with Crippen LogP contribution in [0.4, 0.5) is 4.39 Å². The molecule has 0 spiro atoms. The Balaban J connectivity index is 2.00. The summed E-state index contributed by atoms with van der Waals surface area (Å²) in [5.74, 6) is 0.776. The third kappa shape index (κ3) is 4.58. The number of hydrogen-bond donors (Lipinski definition) is 1. The number of halogens is 1. The molecule has 0 bridgehead atoms. The summed E-state index contributed by atoms with van der Waals surface area (Å²) in [6.07, 6.45) is 3.29. The van der Waals surface area contributed by atoms with Gasteiger partial charge in [-0.25, -0.2) is 0 Å². The number of hydrogen-bond acceptors (Lipinski definition) is 2. The number of nitrogens with one attached hydrogen (secondary N) is 1. The summed E-state index contributed by atoms with van der Waals surface area (Å²) in [5.41, 5.74) is 0. The topological polar surface area (TPSA) is 15.3 Å². The van der Waals surface area contributed by atoms with Crippen molar-refractivity contribution in [3.05, 3.63) is 0 Å². The lowest BCUT2D eigenvalue weighted by atomic mass is 9.98. The Hall–Kier alpha value is -0.150. The molecule has 1 N–H and O–H groups in total. The zero-order chi connectivity index (χ0) is 9.52. The molecule has 2 nitrogen and oxygen atoms in total. The van der Waals surface area contributed by atoms with Crippen LogP contribution in [0.2, 0.25) is 0 Å². The molecule has 78 valence electrons. The first kappa shape index (κ1) is 10.9. The van der Waals surface area contributed by atoms with Crippen molar-refractivity contribution >= 4 is 0 Å². The van der Waals surface area contributed by atoms with Crippen LogP contribution in [0, 0.1) is 5.92 Å². The fourth-order valence-corrected chi connectivity index (χ4v) is 1.94. The second-order valence-electron chi connectivity index (χ2n) is 4.02. The minimum absolute atomic E-state index is 0.197. The van der Waals surface area contributed by atoms with Gasteiger partial charge in [0.15, 0.2) is 0 Å². The molecule has 1 aliphatic rings. The molecule has 1 atom stereocenters. The van der Waals surface area contributed by atoms with E-state index in [1.807, 2.05) is 0 Å². The van der Waals surface area contributed by atoms with Gasteiger partial charge in [0, 0.05) is 6.54 Å². The van der Waals surface area contributed by atoms with E-state index in [2.05, 4.69) is 17.3 Å². The lowest BCUT2D eigenvalue weighted by Crippen LogP contribution is -2.37. The monoisotopic (exact) mass is 188 g/mol. The highest BCUT2D eigenvalue weighted by Crippen LogP contribution is 2.13. The molecule has 1 saturated heterocycles. The van der Waals surface area contributed by atoms with Gasteiger partial charge in [-0.3, -0.25) is 4.39 Å². The Morgan fingerprint density at radius 3 is 3.08 bits per heavy atom. The van der Waals surface area contributed by atoms with Gasteiger partial charge in [-0.15, -0.1) is 0 Å². The lowest BCUT2D eigenvalue weighted by Gasteiger charge is -2.29. The molecule has 1 unspecified atom stereocenters. The summed E-state index contributed by atoms with van der Waals surface area (Å²) in [4.78, 5) is 2.38. The van der Waals surface area contributed by atoms with Gasteiger partial charge in [0.25, 0.3) is 0 Å². The molecule has 0 saturated carbocycles. The van der Waals surface area contributed by atoms with E-state index in [9.17, 15) is 4.39 Å². The first-order valence-electron chi connectivity index (χ1n) is 5.28. The van der Waals surface area contributed by atoms with Gasteiger partial charge in [-0.2, -0.15) is 0 Å². The molecule has 1 heterocycles. The van der Waals surface area contributed by atoms with Crippen molar-refractivity contribution < 1.29 is 4.39 Å². The molecule has 1 fully saturated rings. The molecule has 3 heteroatoms. The standard InChI is InChI=1S/C10H21FN2/c1-13-7-2-4-10(9-13)8-12-6-3-5-11/h10,12H,2-9H2,1H3. The third-order valence-electron chi connectivity index (χ3n) is 2.64. The maximum Gasteiger partial charge on any atom is 0.0906 e. The van der Waals surface area contributed by atoms with Gasteiger partial charge in [0.2, 0.25) is 0 Å². The molecule has 0 aromatic heterocycles. The summed E-state index contributed by atoms with van der Waals surface area (Å²) >= 11 is 0. The molecule has 0 radical (unpaired) electrons. The zero-order valence-electron chi connectivity index (χ0n) is 8.56. The molecular formula is C10H21FN2. The van der Waals surface area contributed by atoms with Crippen LogP contribution in [-0.2, 0) is 0 Å². The van der Waals surface area contributed by atoms with Crippen LogP contribution >= 0.6 is 0 Å². The number of alkyl halides is 1. The minimum Gasteiger partial charge on any atom is -0.316 e. The van der Waals surface area contributed by atoms with E-state index in [1.54, 1.807) is 0 Å². The van der Waals surface area contributed by atoms with E-state index in [1.165, 1.54) is 25.9 Å². The number of nitrogens with zero attached hydrogens (tertiary/aromatic N) is 1. The smallest absolute Gasteiger partial charge is 0.0906 e. The van der Waals surface area contributed by atoms with Gasteiger partial charge < -0.3 is 10.2 Å². The predicted octanol–water partition coefficient (Wildman–Crippen LogP) is 1.28. The fraction of sp³-hybridized carbons (Fsp3) is 1.00. The number of rotatable bonds is 5. The third-order valence-corrected chi connectivity index (χ3v) is 2.64. The second-order valence-corrected chi connectivity index (χ2v) is 4.02. The maximum absolute atomic E-state index is 11.8. The molecule has 0 aromatic carbocycles. The predicted molar refractivity (Wildman–Crippen MR) is 53.7 cm³/mol. The van der Waals surface area contributed by atoms with Crippen molar-refractivity contribution in [3.63, 3.8) is 0 Å². The van der Waals surface area contributed by atoms with Crippen LogP contribution in [0.25, 0.3) is 0 Å². The Morgan fingerprint density at radius 2 is 2.38 bits per heavy atom. The van der Waals surface area contributed by atoms with Crippen molar-refractivity contribution in [2.45, 2.75) is 19.3 Å². The van der Waals surface area contributed by atoms with Gasteiger partial charge in [-0.1, -0.05) is 0 Å². The van der Waals surface area contributed by atoms with E-state index >= 15 is 0 Å². The largest absolute Gasteiger partial charge is 0.316 e. The molecule has 0 aliphatic carbocycles. The van der Waals surface area contributed by atoms with Gasteiger partial charge in [-0.05, 0) is 51.9 Å². The zero-order valence-corrected chi connectivity index (χ0v) is 8.56. The average Bonchev–Trinajstić information content (AvgIpc) is 2.13. The first-order chi connectivity index (χ1) is 6.33. The molecule has 1 rings (SSSR count). The van der Waals surface area contributed by atoms with Crippen molar-refractivity contribution in [3.8, 4) is 0 Å². The molecule has 0 aromatic rings. The summed E-state index contributed by atoms with van der Waals surface area (Å²) in [7, 11) is 2.17. The Kier molecular flexibility index (Phi) is 5.32. The molecular weight excluding hydrogens is 167 g/mol. The SMILES string of the molecule is CN1CCCC(CNCCCF)C1. The highest BCUT2D eigenvalue weighted by Gasteiger charge is 2.15.